The number of carboxylic acids is 1. The highest BCUT2D eigenvalue weighted by Crippen LogP contribution is 2.21. The van der Waals surface area contributed by atoms with Gasteiger partial charge in [0.2, 0.25) is 0 Å². The van der Waals surface area contributed by atoms with Crippen molar-refractivity contribution in [1.82, 2.24) is 0 Å². The number of methoxy groups -OCH3 is 1. The fourth-order valence-corrected chi connectivity index (χ4v) is 1.81. The number of rotatable bonds is 9. The molecule has 0 bridgehead atoms. The first-order valence-corrected chi connectivity index (χ1v) is 6.83. The van der Waals surface area contributed by atoms with Crippen molar-refractivity contribution in [2.24, 2.45) is 0 Å². The van der Waals surface area contributed by atoms with Crippen LogP contribution in [0.2, 0.25) is 0 Å². The Bertz CT molecular complexity index is 452. The van der Waals surface area contributed by atoms with Gasteiger partial charge in [-0.05, 0) is 30.2 Å². The highest BCUT2D eigenvalue weighted by Gasteiger charge is 2.03. The van der Waals surface area contributed by atoms with Crippen molar-refractivity contribution in [3.05, 3.63) is 35.4 Å². The summed E-state index contributed by atoms with van der Waals surface area (Å²) in [6, 6.07) is 5.64. The summed E-state index contributed by atoms with van der Waals surface area (Å²) < 4.78 is 10.8. The summed E-state index contributed by atoms with van der Waals surface area (Å²) in [6.07, 6.45) is 6.05. The number of aliphatic carboxylic acids is 1. The van der Waals surface area contributed by atoms with E-state index < -0.39 is 5.97 Å². The molecule has 0 aliphatic heterocycles. The summed E-state index contributed by atoms with van der Waals surface area (Å²) in [5, 5.41) is 8.68. The first-order chi connectivity index (χ1) is 9.67. The van der Waals surface area contributed by atoms with Gasteiger partial charge in [0.15, 0.2) is 0 Å². The minimum absolute atomic E-state index is 0.529. The number of ether oxygens (including phenoxy) is 2. The van der Waals surface area contributed by atoms with E-state index >= 15 is 0 Å². The Morgan fingerprint density at radius 1 is 1.35 bits per heavy atom. The lowest BCUT2D eigenvalue weighted by Crippen LogP contribution is -1.97. The van der Waals surface area contributed by atoms with Crippen molar-refractivity contribution in [1.29, 1.82) is 0 Å². The molecule has 0 atom stereocenters. The first kappa shape index (κ1) is 16.2. The highest BCUT2D eigenvalue weighted by atomic mass is 16.5. The summed E-state index contributed by atoms with van der Waals surface area (Å²) in [4.78, 5) is 10.6. The van der Waals surface area contributed by atoms with E-state index in [0.717, 1.165) is 30.2 Å². The predicted molar refractivity (Wildman–Crippen MR) is 78.8 cm³/mol. The minimum atomic E-state index is -0.978. The maximum absolute atomic E-state index is 10.6. The molecule has 0 amide bonds. The minimum Gasteiger partial charge on any atom is -0.496 e. The van der Waals surface area contributed by atoms with Crippen LogP contribution in [0.3, 0.4) is 0 Å². The maximum atomic E-state index is 10.6. The Morgan fingerprint density at radius 3 is 2.80 bits per heavy atom. The summed E-state index contributed by atoms with van der Waals surface area (Å²) in [7, 11) is 1.56. The Morgan fingerprint density at radius 2 is 2.15 bits per heavy atom. The van der Waals surface area contributed by atoms with E-state index in [1.807, 2.05) is 18.2 Å². The van der Waals surface area contributed by atoms with Crippen LogP contribution < -0.4 is 4.74 Å². The number of carbonyl (C=O) groups is 1. The van der Waals surface area contributed by atoms with Gasteiger partial charge in [-0.1, -0.05) is 25.8 Å². The summed E-state index contributed by atoms with van der Waals surface area (Å²) >= 11 is 0. The van der Waals surface area contributed by atoms with Gasteiger partial charge < -0.3 is 14.6 Å². The Labute approximate surface area is 120 Å². The molecular formula is C16H22O4. The summed E-state index contributed by atoms with van der Waals surface area (Å²) in [6.45, 7) is 3.44. The largest absolute Gasteiger partial charge is 0.496 e. The van der Waals surface area contributed by atoms with Crippen molar-refractivity contribution >= 4 is 12.0 Å². The second-order valence-electron chi connectivity index (χ2n) is 4.51. The molecule has 0 spiro atoms. The molecule has 0 unspecified atom stereocenters. The zero-order valence-corrected chi connectivity index (χ0v) is 12.1. The van der Waals surface area contributed by atoms with E-state index in [9.17, 15) is 4.79 Å². The third-order valence-corrected chi connectivity index (χ3v) is 2.86. The van der Waals surface area contributed by atoms with Crippen molar-refractivity contribution in [3.8, 4) is 5.75 Å². The monoisotopic (exact) mass is 278 g/mol. The van der Waals surface area contributed by atoms with Gasteiger partial charge in [-0.15, -0.1) is 0 Å². The average molecular weight is 278 g/mol. The van der Waals surface area contributed by atoms with Gasteiger partial charge in [0.05, 0.1) is 13.7 Å². The van der Waals surface area contributed by atoms with Crippen LogP contribution in [0.1, 0.15) is 37.3 Å². The lowest BCUT2D eigenvalue weighted by Gasteiger charge is -2.08. The second kappa shape index (κ2) is 9.15. The van der Waals surface area contributed by atoms with Crippen molar-refractivity contribution in [2.45, 2.75) is 32.8 Å². The molecule has 0 fully saturated rings. The number of hydrogen-bond donors (Lipinski definition) is 1. The summed E-state index contributed by atoms with van der Waals surface area (Å²) in [5.74, 6) is -0.328. The highest BCUT2D eigenvalue weighted by molar-refractivity contribution is 5.85. The van der Waals surface area contributed by atoms with Crippen LogP contribution in [-0.4, -0.2) is 24.8 Å². The topological polar surface area (TPSA) is 55.8 Å². The average Bonchev–Trinajstić information content (AvgIpc) is 2.45. The van der Waals surface area contributed by atoms with E-state index in [2.05, 4.69) is 6.92 Å². The molecule has 0 saturated carbocycles. The maximum Gasteiger partial charge on any atom is 0.328 e. The third kappa shape index (κ3) is 5.89. The molecule has 0 aliphatic rings. The molecule has 1 rings (SSSR count). The van der Waals surface area contributed by atoms with Gasteiger partial charge in [0, 0.05) is 18.2 Å². The molecule has 1 N–H and O–H groups in total. The molecule has 0 radical (unpaired) electrons. The Kier molecular flexibility index (Phi) is 7.43. The zero-order valence-electron chi connectivity index (χ0n) is 12.1. The SMILES string of the molecule is CCCCCOCc1ccc(OC)c(C=CC(=O)O)c1. The van der Waals surface area contributed by atoms with E-state index in [0.29, 0.717) is 12.4 Å². The molecule has 1 aromatic carbocycles. The zero-order chi connectivity index (χ0) is 14.8. The smallest absolute Gasteiger partial charge is 0.328 e. The van der Waals surface area contributed by atoms with Crippen LogP contribution in [0.25, 0.3) is 6.08 Å². The van der Waals surface area contributed by atoms with Gasteiger partial charge in [-0.2, -0.15) is 0 Å². The quantitative estimate of drug-likeness (QED) is 0.555. The van der Waals surface area contributed by atoms with Gasteiger partial charge in [0.25, 0.3) is 0 Å². The summed E-state index contributed by atoms with van der Waals surface area (Å²) in [5.41, 5.74) is 1.75. The first-order valence-electron chi connectivity index (χ1n) is 6.83. The lowest BCUT2D eigenvalue weighted by atomic mass is 10.1. The van der Waals surface area contributed by atoms with Crippen LogP contribution in [0, 0.1) is 0 Å². The normalized spacial score (nSPS) is 10.9. The fourth-order valence-electron chi connectivity index (χ4n) is 1.81. The lowest BCUT2D eigenvalue weighted by molar-refractivity contribution is -0.131. The molecule has 20 heavy (non-hydrogen) atoms. The third-order valence-electron chi connectivity index (χ3n) is 2.86. The van der Waals surface area contributed by atoms with E-state index in [-0.39, 0.29) is 0 Å². The van der Waals surface area contributed by atoms with E-state index in [1.165, 1.54) is 18.9 Å². The van der Waals surface area contributed by atoms with Crippen molar-refractivity contribution < 1.29 is 19.4 Å². The Balaban J connectivity index is 2.64. The van der Waals surface area contributed by atoms with Crippen molar-refractivity contribution in [2.75, 3.05) is 13.7 Å². The molecule has 4 nitrogen and oxygen atoms in total. The van der Waals surface area contributed by atoms with Crippen LogP contribution in [0.4, 0.5) is 0 Å². The van der Waals surface area contributed by atoms with Crippen LogP contribution >= 0.6 is 0 Å². The molecule has 0 aromatic heterocycles. The number of unbranched alkanes of at least 4 members (excludes halogenated alkanes) is 2. The second-order valence-corrected chi connectivity index (χ2v) is 4.51. The molecule has 0 aliphatic carbocycles. The van der Waals surface area contributed by atoms with Gasteiger partial charge in [0.1, 0.15) is 5.75 Å². The van der Waals surface area contributed by atoms with Gasteiger partial charge in [-0.3, -0.25) is 0 Å². The standard InChI is InChI=1S/C16H22O4/c1-3-4-5-10-20-12-13-6-8-15(19-2)14(11-13)7-9-16(17)18/h6-9,11H,3-5,10,12H2,1-2H3,(H,17,18). The van der Waals surface area contributed by atoms with Crippen LogP contribution in [0.5, 0.6) is 5.75 Å². The molecule has 0 saturated heterocycles. The van der Waals surface area contributed by atoms with Gasteiger partial charge in [-0.25, -0.2) is 4.79 Å². The van der Waals surface area contributed by atoms with Crippen LogP contribution in [-0.2, 0) is 16.1 Å². The number of benzene rings is 1. The van der Waals surface area contributed by atoms with Crippen LogP contribution in [0.15, 0.2) is 24.3 Å². The van der Waals surface area contributed by atoms with Gasteiger partial charge >= 0.3 is 5.97 Å². The molecule has 4 heteroatoms. The predicted octanol–water partition coefficient (Wildman–Crippen LogP) is 3.50. The van der Waals surface area contributed by atoms with E-state index in [4.69, 9.17) is 14.6 Å². The molecule has 0 heterocycles. The molecular weight excluding hydrogens is 256 g/mol. The molecule has 110 valence electrons. The molecule has 1 aromatic rings. The van der Waals surface area contributed by atoms with E-state index in [1.54, 1.807) is 7.11 Å². The number of hydrogen-bond acceptors (Lipinski definition) is 3. The van der Waals surface area contributed by atoms with Crippen molar-refractivity contribution in [3.63, 3.8) is 0 Å². The number of carboxylic acid groups (broad SMARTS) is 1. The fraction of sp³-hybridized carbons (Fsp3) is 0.438. The Hall–Kier alpha value is -1.81.